The normalized spacial score (nSPS) is 21.3. The van der Waals surface area contributed by atoms with Crippen LogP contribution in [0.2, 0.25) is 0 Å². The number of rotatable bonds is 4. The highest BCUT2D eigenvalue weighted by molar-refractivity contribution is 7.89. The van der Waals surface area contributed by atoms with Crippen LogP contribution in [-0.2, 0) is 10.0 Å². The predicted octanol–water partition coefficient (Wildman–Crippen LogP) is 1.09. The summed E-state index contributed by atoms with van der Waals surface area (Å²) in [6.07, 6.45) is 0.775. The maximum absolute atomic E-state index is 12.4. The van der Waals surface area contributed by atoms with E-state index in [4.69, 9.17) is 0 Å². The lowest BCUT2D eigenvalue weighted by Crippen LogP contribution is -2.48. The van der Waals surface area contributed by atoms with Crippen molar-refractivity contribution in [2.24, 2.45) is 5.92 Å². The molecule has 0 bridgehead atoms. The first-order valence-electron chi connectivity index (χ1n) is 7.36. The standard InChI is InChI=1S/C15H23N3O3S.ClH/c1-11-10-16-9-8-14(11)17-22(20,21)13-6-4-12(5-7-13)15(19)18(2)3;/h4-7,11,14,16-17H,8-10H2,1-3H3;1H. The molecule has 2 N–H and O–H groups in total. The van der Waals surface area contributed by atoms with Crippen molar-refractivity contribution in [2.45, 2.75) is 24.3 Å². The Hall–Kier alpha value is -1.15. The second kappa shape index (κ2) is 8.10. The van der Waals surface area contributed by atoms with Gasteiger partial charge in [-0.1, -0.05) is 6.92 Å². The van der Waals surface area contributed by atoms with Gasteiger partial charge >= 0.3 is 0 Å². The van der Waals surface area contributed by atoms with Crippen molar-refractivity contribution in [3.05, 3.63) is 29.8 Å². The van der Waals surface area contributed by atoms with E-state index in [0.717, 1.165) is 19.5 Å². The molecular weight excluding hydrogens is 338 g/mol. The Kier molecular flexibility index (Phi) is 7.01. The molecule has 0 aromatic heterocycles. The number of carbonyl (C=O) groups excluding carboxylic acids is 1. The second-order valence-electron chi connectivity index (χ2n) is 5.92. The fourth-order valence-corrected chi connectivity index (χ4v) is 3.87. The summed E-state index contributed by atoms with van der Waals surface area (Å²) in [6.45, 7) is 3.65. The molecule has 1 saturated heterocycles. The third kappa shape index (κ3) is 4.91. The molecule has 1 fully saturated rings. The molecule has 0 saturated carbocycles. The molecule has 2 atom stereocenters. The van der Waals surface area contributed by atoms with Crippen LogP contribution >= 0.6 is 12.4 Å². The monoisotopic (exact) mass is 361 g/mol. The van der Waals surface area contributed by atoms with Gasteiger partial charge in [0.1, 0.15) is 0 Å². The second-order valence-corrected chi connectivity index (χ2v) is 7.64. The lowest BCUT2D eigenvalue weighted by Gasteiger charge is -2.29. The molecule has 1 aliphatic heterocycles. The molecule has 1 aliphatic rings. The minimum Gasteiger partial charge on any atom is -0.345 e. The third-order valence-corrected chi connectivity index (χ3v) is 5.42. The number of benzene rings is 1. The number of nitrogens with zero attached hydrogens (tertiary/aromatic N) is 1. The maximum atomic E-state index is 12.4. The van der Waals surface area contributed by atoms with Crippen molar-refractivity contribution in [1.82, 2.24) is 14.9 Å². The van der Waals surface area contributed by atoms with E-state index in [1.54, 1.807) is 26.2 Å². The van der Waals surface area contributed by atoms with E-state index < -0.39 is 10.0 Å². The first kappa shape index (κ1) is 19.9. The molecular formula is C15H24ClN3O3S. The molecule has 2 rings (SSSR count). The first-order valence-corrected chi connectivity index (χ1v) is 8.84. The van der Waals surface area contributed by atoms with Crippen LogP contribution in [0.3, 0.4) is 0 Å². The van der Waals surface area contributed by atoms with Gasteiger partial charge in [0.25, 0.3) is 5.91 Å². The number of hydrogen-bond acceptors (Lipinski definition) is 4. The van der Waals surface area contributed by atoms with Crippen LogP contribution in [0.1, 0.15) is 23.7 Å². The summed E-state index contributed by atoms with van der Waals surface area (Å²) in [5.41, 5.74) is 0.471. The Balaban J connectivity index is 0.00000264. The van der Waals surface area contributed by atoms with Gasteiger partial charge in [-0.05, 0) is 49.7 Å². The summed E-state index contributed by atoms with van der Waals surface area (Å²) < 4.78 is 27.6. The smallest absolute Gasteiger partial charge is 0.253 e. The number of nitrogens with one attached hydrogen (secondary N) is 2. The van der Waals surface area contributed by atoms with Gasteiger partial charge in [0.15, 0.2) is 0 Å². The summed E-state index contributed by atoms with van der Waals surface area (Å²) >= 11 is 0. The largest absolute Gasteiger partial charge is 0.345 e. The molecule has 1 heterocycles. The quantitative estimate of drug-likeness (QED) is 0.841. The van der Waals surface area contributed by atoms with E-state index in [-0.39, 0.29) is 35.2 Å². The number of piperidine rings is 1. The summed E-state index contributed by atoms with van der Waals surface area (Å²) in [5, 5.41) is 3.24. The van der Waals surface area contributed by atoms with Gasteiger partial charge in [0.2, 0.25) is 10.0 Å². The Bertz CT molecular complexity index is 632. The number of amides is 1. The van der Waals surface area contributed by atoms with Crippen LogP contribution in [0.5, 0.6) is 0 Å². The highest BCUT2D eigenvalue weighted by Gasteiger charge is 2.26. The number of carbonyl (C=O) groups is 1. The fourth-order valence-electron chi connectivity index (χ4n) is 2.49. The van der Waals surface area contributed by atoms with Crippen LogP contribution in [0.4, 0.5) is 0 Å². The van der Waals surface area contributed by atoms with Crippen LogP contribution in [0, 0.1) is 5.92 Å². The van der Waals surface area contributed by atoms with Crippen molar-refractivity contribution in [1.29, 1.82) is 0 Å². The summed E-state index contributed by atoms with van der Waals surface area (Å²) in [6, 6.07) is 5.98. The molecule has 130 valence electrons. The van der Waals surface area contributed by atoms with Crippen molar-refractivity contribution in [3.8, 4) is 0 Å². The van der Waals surface area contributed by atoms with Gasteiger partial charge in [-0.15, -0.1) is 12.4 Å². The van der Waals surface area contributed by atoms with E-state index in [2.05, 4.69) is 10.0 Å². The molecule has 2 unspecified atom stereocenters. The van der Waals surface area contributed by atoms with Crippen molar-refractivity contribution in [3.63, 3.8) is 0 Å². The van der Waals surface area contributed by atoms with Crippen molar-refractivity contribution < 1.29 is 13.2 Å². The molecule has 23 heavy (non-hydrogen) atoms. The van der Waals surface area contributed by atoms with Gasteiger partial charge in [0.05, 0.1) is 4.90 Å². The topological polar surface area (TPSA) is 78.5 Å². The van der Waals surface area contributed by atoms with Crippen LogP contribution in [-0.4, -0.2) is 52.5 Å². The highest BCUT2D eigenvalue weighted by Crippen LogP contribution is 2.16. The van der Waals surface area contributed by atoms with Gasteiger partial charge in [-0.25, -0.2) is 13.1 Å². The molecule has 6 nitrogen and oxygen atoms in total. The number of halogens is 1. The van der Waals surface area contributed by atoms with Crippen LogP contribution in [0.15, 0.2) is 29.2 Å². The first-order chi connectivity index (χ1) is 10.3. The van der Waals surface area contributed by atoms with Crippen LogP contribution < -0.4 is 10.0 Å². The fraction of sp³-hybridized carbons (Fsp3) is 0.533. The maximum Gasteiger partial charge on any atom is 0.253 e. The predicted molar refractivity (Wildman–Crippen MR) is 92.5 cm³/mol. The van der Waals surface area contributed by atoms with Crippen LogP contribution in [0.25, 0.3) is 0 Å². The molecule has 0 radical (unpaired) electrons. The minimum atomic E-state index is -3.56. The van der Waals surface area contributed by atoms with E-state index in [1.165, 1.54) is 17.0 Å². The van der Waals surface area contributed by atoms with Gasteiger partial charge < -0.3 is 10.2 Å². The van der Waals surface area contributed by atoms with Gasteiger partial charge in [-0.3, -0.25) is 4.79 Å². The SMILES string of the molecule is CC1CNCCC1NS(=O)(=O)c1ccc(C(=O)N(C)C)cc1.Cl. The Labute approximate surface area is 144 Å². The molecule has 0 aliphatic carbocycles. The minimum absolute atomic E-state index is 0. The van der Waals surface area contributed by atoms with Crippen molar-refractivity contribution >= 4 is 28.3 Å². The highest BCUT2D eigenvalue weighted by atomic mass is 35.5. The Morgan fingerprint density at radius 3 is 2.39 bits per heavy atom. The third-order valence-electron chi connectivity index (χ3n) is 3.91. The Morgan fingerprint density at radius 1 is 1.26 bits per heavy atom. The summed E-state index contributed by atoms with van der Waals surface area (Å²) in [7, 11) is -0.239. The average Bonchev–Trinajstić information content (AvgIpc) is 2.49. The van der Waals surface area contributed by atoms with E-state index in [0.29, 0.717) is 5.56 Å². The van der Waals surface area contributed by atoms with E-state index >= 15 is 0 Å². The zero-order valence-electron chi connectivity index (χ0n) is 13.6. The molecule has 8 heteroatoms. The van der Waals surface area contributed by atoms with E-state index in [9.17, 15) is 13.2 Å². The molecule has 1 amide bonds. The molecule has 1 aromatic carbocycles. The zero-order valence-corrected chi connectivity index (χ0v) is 15.2. The zero-order chi connectivity index (χ0) is 16.3. The van der Waals surface area contributed by atoms with E-state index in [1.807, 2.05) is 6.92 Å². The number of hydrogen-bond donors (Lipinski definition) is 2. The van der Waals surface area contributed by atoms with Gasteiger partial charge in [-0.2, -0.15) is 0 Å². The average molecular weight is 362 g/mol. The summed E-state index contributed by atoms with van der Waals surface area (Å²) in [5.74, 6) is 0.0991. The lowest BCUT2D eigenvalue weighted by molar-refractivity contribution is 0.0827. The number of sulfonamides is 1. The van der Waals surface area contributed by atoms with Crippen molar-refractivity contribution in [2.75, 3.05) is 27.2 Å². The van der Waals surface area contributed by atoms with Gasteiger partial charge in [0, 0.05) is 25.7 Å². The Morgan fingerprint density at radius 2 is 1.87 bits per heavy atom. The summed E-state index contributed by atoms with van der Waals surface area (Å²) in [4.78, 5) is 13.5. The lowest BCUT2D eigenvalue weighted by atomic mass is 9.97. The molecule has 1 aromatic rings. The molecule has 0 spiro atoms.